The molecule has 0 saturated heterocycles. The van der Waals surface area contributed by atoms with Gasteiger partial charge in [-0.05, 0) is 57.2 Å². The molecule has 1 amide bonds. The number of aryl methyl sites for hydroxylation is 2. The smallest absolute Gasteiger partial charge is 0.264 e. The highest BCUT2D eigenvalue weighted by Gasteiger charge is 2.30. The molecule has 0 aliphatic carbocycles. The maximum absolute atomic E-state index is 13.7. The molecule has 1 N–H and O–H groups in total. The number of amides is 1. The number of sulfonamides is 1. The number of anilines is 1. The van der Waals surface area contributed by atoms with Gasteiger partial charge in [-0.2, -0.15) is 0 Å². The van der Waals surface area contributed by atoms with Crippen molar-refractivity contribution in [3.63, 3.8) is 0 Å². The largest absolute Gasteiger partial charge is 0.497 e. The minimum absolute atomic E-state index is 0.0570. The van der Waals surface area contributed by atoms with Crippen LogP contribution in [0.1, 0.15) is 18.1 Å². The molecule has 0 saturated carbocycles. The van der Waals surface area contributed by atoms with Gasteiger partial charge in [-0.25, -0.2) is 8.42 Å². The van der Waals surface area contributed by atoms with Crippen LogP contribution in [0.2, 0.25) is 0 Å². The van der Waals surface area contributed by atoms with Gasteiger partial charge in [-0.15, -0.1) is 0 Å². The molecule has 3 aromatic carbocycles. The summed E-state index contributed by atoms with van der Waals surface area (Å²) in [5.41, 5.74) is 2.22. The van der Waals surface area contributed by atoms with Gasteiger partial charge in [0, 0.05) is 6.07 Å². The van der Waals surface area contributed by atoms with E-state index in [4.69, 9.17) is 14.2 Å². The second-order valence-corrected chi connectivity index (χ2v) is 10.3. The van der Waals surface area contributed by atoms with E-state index in [1.165, 1.54) is 32.4 Å². The van der Waals surface area contributed by atoms with E-state index >= 15 is 0 Å². The van der Waals surface area contributed by atoms with E-state index in [-0.39, 0.29) is 29.0 Å². The summed E-state index contributed by atoms with van der Waals surface area (Å²) < 4.78 is 44.9. The molecule has 0 aliphatic rings. The molecule has 3 rings (SSSR count). The normalized spacial score (nSPS) is 11.9. The second-order valence-electron chi connectivity index (χ2n) is 8.46. The standard InChI is InChI=1S/C27H32N2O6S/c1-19-6-10-22(11-7-19)35-18-21(3)28-27(30)17-29(25-16-23(33-4)12-15-26(25)34-5)36(31,32)24-13-8-20(2)9-14-24/h6-16,21H,17-18H2,1-5H3,(H,28,30). The van der Waals surface area contributed by atoms with E-state index in [0.717, 1.165) is 15.4 Å². The average molecular weight is 513 g/mol. The Balaban J connectivity index is 1.85. The summed E-state index contributed by atoms with van der Waals surface area (Å²) in [6, 6.07) is 18.4. The third-order valence-electron chi connectivity index (χ3n) is 5.48. The van der Waals surface area contributed by atoms with Gasteiger partial charge in [0.05, 0.1) is 30.8 Å². The van der Waals surface area contributed by atoms with Crippen LogP contribution in [-0.2, 0) is 14.8 Å². The monoisotopic (exact) mass is 512 g/mol. The van der Waals surface area contributed by atoms with Crippen molar-refractivity contribution in [3.8, 4) is 17.2 Å². The van der Waals surface area contributed by atoms with E-state index in [9.17, 15) is 13.2 Å². The average Bonchev–Trinajstić information content (AvgIpc) is 2.86. The Morgan fingerprint density at radius 3 is 2.06 bits per heavy atom. The highest BCUT2D eigenvalue weighted by atomic mass is 32.2. The van der Waals surface area contributed by atoms with E-state index < -0.39 is 22.5 Å². The Labute approximate surface area is 212 Å². The van der Waals surface area contributed by atoms with Crippen molar-refractivity contribution >= 4 is 21.6 Å². The number of ether oxygens (including phenoxy) is 3. The van der Waals surface area contributed by atoms with Crippen molar-refractivity contribution in [2.75, 3.05) is 31.7 Å². The molecule has 36 heavy (non-hydrogen) atoms. The van der Waals surface area contributed by atoms with Crippen LogP contribution in [-0.4, -0.2) is 47.7 Å². The maximum atomic E-state index is 13.7. The second kappa shape index (κ2) is 11.8. The number of benzene rings is 3. The number of rotatable bonds is 11. The zero-order valence-electron chi connectivity index (χ0n) is 21.1. The summed E-state index contributed by atoms with van der Waals surface area (Å²) in [5, 5.41) is 2.82. The molecule has 3 aromatic rings. The molecule has 1 atom stereocenters. The van der Waals surface area contributed by atoms with Gasteiger partial charge < -0.3 is 19.5 Å². The lowest BCUT2D eigenvalue weighted by Gasteiger charge is -2.27. The highest BCUT2D eigenvalue weighted by Crippen LogP contribution is 2.35. The molecule has 0 aromatic heterocycles. The SMILES string of the molecule is COc1ccc(OC)c(N(CC(=O)NC(C)COc2ccc(C)cc2)S(=O)(=O)c2ccc(C)cc2)c1. The molecular weight excluding hydrogens is 480 g/mol. The first-order valence-electron chi connectivity index (χ1n) is 11.4. The number of hydrogen-bond donors (Lipinski definition) is 1. The molecule has 1 unspecified atom stereocenters. The Morgan fingerprint density at radius 2 is 1.47 bits per heavy atom. The molecule has 0 heterocycles. The van der Waals surface area contributed by atoms with Gasteiger partial charge in [0.25, 0.3) is 10.0 Å². The molecule has 0 radical (unpaired) electrons. The first kappa shape index (κ1) is 26.9. The Morgan fingerprint density at radius 1 is 0.889 bits per heavy atom. The fourth-order valence-electron chi connectivity index (χ4n) is 3.48. The maximum Gasteiger partial charge on any atom is 0.264 e. The van der Waals surface area contributed by atoms with Crippen LogP contribution in [0.25, 0.3) is 0 Å². The van der Waals surface area contributed by atoms with Crippen LogP contribution in [0, 0.1) is 13.8 Å². The molecular formula is C27H32N2O6S. The molecule has 192 valence electrons. The minimum Gasteiger partial charge on any atom is -0.497 e. The molecule has 0 aliphatic heterocycles. The number of methoxy groups -OCH3 is 2. The van der Waals surface area contributed by atoms with Crippen LogP contribution in [0.5, 0.6) is 17.2 Å². The van der Waals surface area contributed by atoms with Crippen LogP contribution in [0.15, 0.2) is 71.6 Å². The Kier molecular flexibility index (Phi) is 8.82. The summed E-state index contributed by atoms with van der Waals surface area (Å²) in [5.74, 6) is 0.909. The molecule has 8 nitrogen and oxygen atoms in total. The Bertz CT molecular complexity index is 1270. The molecule has 0 bridgehead atoms. The summed E-state index contributed by atoms with van der Waals surface area (Å²) in [7, 11) is -1.20. The van der Waals surface area contributed by atoms with Crippen molar-refractivity contribution in [2.24, 2.45) is 0 Å². The quantitative estimate of drug-likeness (QED) is 0.416. The summed E-state index contributed by atoms with van der Waals surface area (Å²) in [6.07, 6.45) is 0. The predicted octanol–water partition coefficient (Wildman–Crippen LogP) is 4.10. The van der Waals surface area contributed by atoms with Crippen LogP contribution in [0.3, 0.4) is 0 Å². The summed E-state index contributed by atoms with van der Waals surface area (Å²) in [4.78, 5) is 13.1. The fourth-order valence-corrected chi connectivity index (χ4v) is 4.90. The van der Waals surface area contributed by atoms with E-state index in [1.54, 1.807) is 31.2 Å². The van der Waals surface area contributed by atoms with E-state index in [2.05, 4.69) is 5.32 Å². The van der Waals surface area contributed by atoms with Crippen LogP contribution < -0.4 is 23.8 Å². The van der Waals surface area contributed by atoms with Crippen molar-refractivity contribution in [1.82, 2.24) is 5.32 Å². The van der Waals surface area contributed by atoms with E-state index in [0.29, 0.717) is 11.5 Å². The molecule has 0 spiro atoms. The highest BCUT2D eigenvalue weighted by molar-refractivity contribution is 7.92. The Hall–Kier alpha value is -3.72. The van der Waals surface area contributed by atoms with Crippen molar-refractivity contribution in [1.29, 1.82) is 0 Å². The number of nitrogens with one attached hydrogen (secondary N) is 1. The first-order chi connectivity index (χ1) is 17.1. The van der Waals surface area contributed by atoms with Gasteiger partial charge in [-0.3, -0.25) is 9.10 Å². The van der Waals surface area contributed by atoms with Gasteiger partial charge in [0.1, 0.15) is 30.4 Å². The fraction of sp³-hybridized carbons (Fsp3) is 0.296. The van der Waals surface area contributed by atoms with Gasteiger partial charge >= 0.3 is 0 Å². The zero-order valence-corrected chi connectivity index (χ0v) is 22.0. The van der Waals surface area contributed by atoms with Crippen LogP contribution in [0.4, 0.5) is 5.69 Å². The number of carbonyl (C=O) groups is 1. The lowest BCUT2D eigenvalue weighted by atomic mass is 10.2. The first-order valence-corrected chi connectivity index (χ1v) is 12.9. The predicted molar refractivity (Wildman–Crippen MR) is 140 cm³/mol. The third-order valence-corrected chi connectivity index (χ3v) is 7.25. The lowest BCUT2D eigenvalue weighted by Crippen LogP contribution is -2.45. The number of nitrogens with zero attached hydrogens (tertiary/aromatic N) is 1. The van der Waals surface area contributed by atoms with Crippen molar-refractivity contribution in [2.45, 2.75) is 31.7 Å². The topological polar surface area (TPSA) is 94.2 Å². The van der Waals surface area contributed by atoms with Gasteiger partial charge in [-0.1, -0.05) is 35.4 Å². The van der Waals surface area contributed by atoms with Crippen molar-refractivity contribution < 1.29 is 27.4 Å². The molecule has 9 heteroatoms. The summed E-state index contributed by atoms with van der Waals surface area (Å²) in [6.45, 7) is 5.40. The van der Waals surface area contributed by atoms with E-state index in [1.807, 2.05) is 38.1 Å². The minimum atomic E-state index is -4.11. The lowest BCUT2D eigenvalue weighted by molar-refractivity contribution is -0.120. The van der Waals surface area contributed by atoms with Crippen molar-refractivity contribution in [3.05, 3.63) is 77.9 Å². The number of hydrogen-bond acceptors (Lipinski definition) is 6. The molecule has 0 fully saturated rings. The third kappa shape index (κ3) is 6.69. The number of carbonyl (C=O) groups excluding carboxylic acids is 1. The zero-order chi connectivity index (χ0) is 26.3. The summed E-state index contributed by atoms with van der Waals surface area (Å²) >= 11 is 0. The van der Waals surface area contributed by atoms with Gasteiger partial charge in [0.15, 0.2) is 0 Å². The van der Waals surface area contributed by atoms with Gasteiger partial charge in [0.2, 0.25) is 5.91 Å². The van der Waals surface area contributed by atoms with Crippen LogP contribution >= 0.6 is 0 Å².